The van der Waals surface area contributed by atoms with Gasteiger partial charge in [-0.1, -0.05) is 72.3 Å². The van der Waals surface area contributed by atoms with E-state index in [0.29, 0.717) is 10.5 Å². The summed E-state index contributed by atoms with van der Waals surface area (Å²) in [5.41, 5.74) is 1.44. The van der Waals surface area contributed by atoms with E-state index in [9.17, 15) is 4.79 Å². The Kier molecular flexibility index (Phi) is 3.84. The molecule has 0 amide bonds. The maximum atomic E-state index is 12.1. The molecule has 18 heavy (non-hydrogen) atoms. The third-order valence-corrected chi connectivity index (χ3v) is 3.77. The van der Waals surface area contributed by atoms with Crippen LogP contribution in [0.25, 0.3) is 0 Å². The highest BCUT2D eigenvalue weighted by Crippen LogP contribution is 2.37. The third-order valence-electron chi connectivity index (χ3n) is 2.81. The molecule has 0 aromatic heterocycles. The molecule has 0 saturated heterocycles. The molecule has 0 saturated carbocycles. The number of halogens is 1. The summed E-state index contributed by atoms with van der Waals surface area (Å²) in [6.07, 6.45) is 0. The maximum Gasteiger partial charge on any atom is 0.322 e. The first-order chi connectivity index (χ1) is 8.69. The molecule has 4 heteroatoms. The SMILES string of the molecule is O=C(O[SiH3])C(Cl)(c1ccccc1)c1ccccc1. The summed E-state index contributed by atoms with van der Waals surface area (Å²) in [5.74, 6) is -0.423. The summed E-state index contributed by atoms with van der Waals surface area (Å²) in [5, 5.41) is 0. The quantitative estimate of drug-likeness (QED) is 0.633. The first-order valence-corrected chi connectivity index (χ1v) is 6.77. The zero-order chi connectivity index (χ0) is 13.0. The average Bonchev–Trinajstić information content (AvgIpc) is 2.47. The number of alkyl halides is 1. The number of rotatable bonds is 3. The van der Waals surface area contributed by atoms with Crippen LogP contribution >= 0.6 is 11.6 Å². The van der Waals surface area contributed by atoms with Gasteiger partial charge in [0.15, 0.2) is 4.87 Å². The van der Waals surface area contributed by atoms with Gasteiger partial charge in [0, 0.05) is 0 Å². The number of carbonyl (C=O) groups is 1. The lowest BCUT2D eigenvalue weighted by Gasteiger charge is -2.25. The fourth-order valence-electron chi connectivity index (χ4n) is 1.88. The van der Waals surface area contributed by atoms with Crippen LogP contribution in [0.2, 0.25) is 0 Å². The predicted octanol–water partition coefficient (Wildman–Crippen LogP) is 1.99. The van der Waals surface area contributed by atoms with Crippen molar-refractivity contribution in [3.8, 4) is 0 Å². The molecule has 0 fully saturated rings. The molecule has 2 aromatic carbocycles. The molecule has 0 aliphatic heterocycles. The summed E-state index contributed by atoms with van der Waals surface area (Å²) in [6.45, 7) is 0. The fraction of sp³-hybridized carbons (Fsp3) is 0.0714. The van der Waals surface area contributed by atoms with Crippen LogP contribution in [0.5, 0.6) is 0 Å². The van der Waals surface area contributed by atoms with E-state index in [1.807, 2.05) is 60.7 Å². The first-order valence-electron chi connectivity index (χ1n) is 5.58. The normalized spacial score (nSPS) is 11.2. The van der Waals surface area contributed by atoms with E-state index in [1.165, 1.54) is 0 Å². The Morgan fingerprint density at radius 2 is 1.33 bits per heavy atom. The molecule has 2 aromatic rings. The minimum atomic E-state index is -1.26. The number of carbonyl (C=O) groups excluding carboxylic acids is 1. The van der Waals surface area contributed by atoms with Gasteiger partial charge in [0.2, 0.25) is 10.5 Å². The fourth-order valence-corrected chi connectivity index (χ4v) is 2.64. The van der Waals surface area contributed by atoms with E-state index >= 15 is 0 Å². The second-order valence-corrected chi connectivity index (χ2v) is 4.86. The van der Waals surface area contributed by atoms with Crippen LogP contribution in [0.4, 0.5) is 0 Å². The molecule has 0 spiro atoms. The second-order valence-electron chi connectivity index (χ2n) is 3.88. The van der Waals surface area contributed by atoms with Crippen LogP contribution in [-0.2, 0) is 14.1 Å². The Morgan fingerprint density at radius 3 is 1.67 bits per heavy atom. The van der Waals surface area contributed by atoms with Crippen molar-refractivity contribution in [1.82, 2.24) is 0 Å². The molecule has 0 atom stereocenters. The molecule has 0 bridgehead atoms. The zero-order valence-corrected chi connectivity index (χ0v) is 12.7. The van der Waals surface area contributed by atoms with Gasteiger partial charge in [-0.15, -0.1) is 0 Å². The smallest absolute Gasteiger partial charge is 0.322 e. The van der Waals surface area contributed by atoms with E-state index in [1.54, 1.807) is 0 Å². The van der Waals surface area contributed by atoms with Gasteiger partial charge in [0.05, 0.1) is 0 Å². The molecule has 0 radical (unpaired) electrons. The van der Waals surface area contributed by atoms with Crippen LogP contribution in [-0.4, -0.2) is 16.5 Å². The van der Waals surface area contributed by atoms with Gasteiger partial charge in [0.25, 0.3) is 0 Å². The van der Waals surface area contributed by atoms with Crippen LogP contribution in [0.3, 0.4) is 0 Å². The highest BCUT2D eigenvalue weighted by molar-refractivity contribution is 6.37. The van der Waals surface area contributed by atoms with Crippen molar-refractivity contribution in [2.45, 2.75) is 4.87 Å². The highest BCUT2D eigenvalue weighted by atomic mass is 35.5. The summed E-state index contributed by atoms with van der Waals surface area (Å²) in [4.78, 5) is 10.9. The lowest BCUT2D eigenvalue weighted by Crippen LogP contribution is -2.32. The van der Waals surface area contributed by atoms with Gasteiger partial charge in [-0.3, -0.25) is 4.79 Å². The molecule has 0 aliphatic rings. The van der Waals surface area contributed by atoms with Crippen LogP contribution in [0.1, 0.15) is 11.1 Å². The molecule has 92 valence electrons. The summed E-state index contributed by atoms with van der Waals surface area (Å²) in [6, 6.07) is 18.5. The Balaban J connectivity index is 2.59. The molecule has 2 nitrogen and oxygen atoms in total. The Morgan fingerprint density at radius 1 is 0.944 bits per heavy atom. The van der Waals surface area contributed by atoms with Crippen LogP contribution in [0.15, 0.2) is 60.7 Å². The lowest BCUT2D eigenvalue weighted by molar-refractivity contribution is -0.136. The Hall–Kier alpha value is -1.58. The van der Waals surface area contributed by atoms with E-state index in [-0.39, 0.29) is 0 Å². The third kappa shape index (κ3) is 2.19. The zero-order valence-electron chi connectivity index (χ0n) is 9.97. The van der Waals surface area contributed by atoms with E-state index in [2.05, 4.69) is 0 Å². The van der Waals surface area contributed by atoms with E-state index in [4.69, 9.17) is 16.0 Å². The standard InChI is InChI=1S/C14H13ClO2Si/c15-14(13(16)17-18,11-7-3-1-4-8-11)12-9-5-2-6-10-12/h1-10H,18H3. The van der Waals surface area contributed by atoms with Crippen molar-refractivity contribution >= 4 is 28.1 Å². The molecule has 0 unspecified atom stereocenters. The van der Waals surface area contributed by atoms with Crippen LogP contribution < -0.4 is 0 Å². The van der Waals surface area contributed by atoms with Crippen molar-refractivity contribution in [3.63, 3.8) is 0 Å². The molecule has 2 rings (SSSR count). The molecule has 0 N–H and O–H groups in total. The molecular formula is C14H13ClO2Si. The second kappa shape index (κ2) is 5.37. The highest BCUT2D eigenvalue weighted by Gasteiger charge is 2.40. The summed E-state index contributed by atoms with van der Waals surface area (Å²) >= 11 is 6.59. The number of benzene rings is 2. The van der Waals surface area contributed by atoms with Crippen LogP contribution in [0, 0.1) is 0 Å². The van der Waals surface area contributed by atoms with Gasteiger partial charge >= 0.3 is 5.97 Å². The first kappa shape index (κ1) is 12.9. The van der Waals surface area contributed by atoms with Crippen molar-refractivity contribution in [1.29, 1.82) is 0 Å². The van der Waals surface area contributed by atoms with Crippen molar-refractivity contribution in [3.05, 3.63) is 71.8 Å². The Bertz CT molecular complexity index is 489. The summed E-state index contributed by atoms with van der Waals surface area (Å²) in [7, 11) is 0.322. The number of hydrogen-bond acceptors (Lipinski definition) is 2. The minimum Gasteiger partial charge on any atom is -0.527 e. The van der Waals surface area contributed by atoms with Gasteiger partial charge in [-0.2, -0.15) is 0 Å². The topological polar surface area (TPSA) is 26.3 Å². The largest absolute Gasteiger partial charge is 0.527 e. The predicted molar refractivity (Wildman–Crippen MR) is 75.5 cm³/mol. The van der Waals surface area contributed by atoms with E-state index in [0.717, 1.165) is 11.1 Å². The van der Waals surface area contributed by atoms with Gasteiger partial charge < -0.3 is 4.43 Å². The number of hydrogen-bond donors (Lipinski definition) is 0. The molecular weight excluding hydrogens is 264 g/mol. The molecule has 0 heterocycles. The molecule has 0 aliphatic carbocycles. The van der Waals surface area contributed by atoms with Crippen molar-refractivity contribution in [2.75, 3.05) is 0 Å². The van der Waals surface area contributed by atoms with Crippen molar-refractivity contribution < 1.29 is 9.22 Å². The van der Waals surface area contributed by atoms with Crippen molar-refractivity contribution in [2.24, 2.45) is 0 Å². The maximum absolute atomic E-state index is 12.1. The lowest BCUT2D eigenvalue weighted by atomic mass is 9.90. The Labute approximate surface area is 114 Å². The monoisotopic (exact) mass is 276 g/mol. The minimum absolute atomic E-state index is 0.322. The average molecular weight is 277 g/mol. The van der Waals surface area contributed by atoms with E-state index < -0.39 is 10.8 Å². The van der Waals surface area contributed by atoms with Gasteiger partial charge in [0.1, 0.15) is 0 Å². The summed E-state index contributed by atoms with van der Waals surface area (Å²) < 4.78 is 4.99. The van der Waals surface area contributed by atoms with Gasteiger partial charge in [-0.25, -0.2) is 0 Å². The van der Waals surface area contributed by atoms with Gasteiger partial charge in [-0.05, 0) is 11.1 Å².